The van der Waals surface area contributed by atoms with Crippen molar-refractivity contribution >= 4 is 6.03 Å². The fourth-order valence-electron chi connectivity index (χ4n) is 1.55. The Morgan fingerprint density at radius 3 is 2.53 bits per heavy atom. The summed E-state index contributed by atoms with van der Waals surface area (Å²) < 4.78 is 0. The van der Waals surface area contributed by atoms with Gasteiger partial charge in [-0.3, -0.25) is 0 Å². The number of nitrogens with two attached hydrogens (primary N) is 1. The summed E-state index contributed by atoms with van der Waals surface area (Å²) in [5.74, 6) is 0. The van der Waals surface area contributed by atoms with Gasteiger partial charge < -0.3 is 16.4 Å². The van der Waals surface area contributed by atoms with Gasteiger partial charge in [-0.1, -0.05) is 30.3 Å². The SMILES string of the molecule is CC(C)(CCN)NC(=O)NCc1ccccc1. The number of carbonyl (C=O) groups excluding carboxylic acids is 1. The fourth-order valence-corrected chi connectivity index (χ4v) is 1.55. The zero-order chi connectivity index (χ0) is 12.7. The Labute approximate surface area is 103 Å². The second-order valence-electron chi connectivity index (χ2n) is 4.72. The molecule has 0 radical (unpaired) electrons. The van der Waals surface area contributed by atoms with Crippen LogP contribution in [-0.4, -0.2) is 18.1 Å². The second kappa shape index (κ2) is 6.25. The molecule has 2 amide bonds. The van der Waals surface area contributed by atoms with Crippen LogP contribution < -0.4 is 16.4 Å². The minimum absolute atomic E-state index is 0.160. The zero-order valence-electron chi connectivity index (χ0n) is 10.5. The summed E-state index contributed by atoms with van der Waals surface area (Å²) in [7, 11) is 0. The standard InChI is InChI=1S/C13H21N3O/c1-13(2,8-9-14)16-12(17)15-10-11-6-4-3-5-7-11/h3-7H,8-10,14H2,1-2H3,(H2,15,16,17). The van der Waals surface area contributed by atoms with Gasteiger partial charge in [0.25, 0.3) is 0 Å². The predicted molar refractivity (Wildman–Crippen MR) is 69.6 cm³/mol. The van der Waals surface area contributed by atoms with Crippen molar-refractivity contribution in [1.82, 2.24) is 10.6 Å². The van der Waals surface area contributed by atoms with Crippen LogP contribution in [0.3, 0.4) is 0 Å². The highest BCUT2D eigenvalue weighted by Gasteiger charge is 2.18. The summed E-state index contributed by atoms with van der Waals surface area (Å²) in [6.45, 7) is 5.02. The quantitative estimate of drug-likeness (QED) is 0.726. The molecule has 0 aromatic heterocycles. The third kappa shape index (κ3) is 5.36. The van der Waals surface area contributed by atoms with Gasteiger partial charge in [0.05, 0.1) is 0 Å². The van der Waals surface area contributed by atoms with Crippen molar-refractivity contribution in [2.45, 2.75) is 32.4 Å². The number of amides is 2. The molecule has 0 heterocycles. The molecule has 0 unspecified atom stereocenters. The smallest absolute Gasteiger partial charge is 0.315 e. The summed E-state index contributed by atoms with van der Waals surface area (Å²) in [6, 6.07) is 9.65. The molecule has 1 rings (SSSR count). The highest BCUT2D eigenvalue weighted by Crippen LogP contribution is 2.06. The fraction of sp³-hybridized carbons (Fsp3) is 0.462. The molecule has 0 fully saturated rings. The Balaban J connectivity index is 2.35. The third-order valence-electron chi connectivity index (χ3n) is 2.52. The maximum atomic E-state index is 11.6. The van der Waals surface area contributed by atoms with Crippen molar-refractivity contribution in [2.75, 3.05) is 6.54 Å². The molecule has 0 spiro atoms. The molecule has 0 aliphatic carbocycles. The third-order valence-corrected chi connectivity index (χ3v) is 2.52. The molecular weight excluding hydrogens is 214 g/mol. The van der Waals surface area contributed by atoms with E-state index in [1.807, 2.05) is 44.2 Å². The first-order valence-electron chi connectivity index (χ1n) is 5.83. The van der Waals surface area contributed by atoms with Crippen LogP contribution in [0.1, 0.15) is 25.8 Å². The first kappa shape index (κ1) is 13.5. The summed E-state index contributed by atoms with van der Waals surface area (Å²) >= 11 is 0. The molecule has 94 valence electrons. The van der Waals surface area contributed by atoms with Crippen molar-refractivity contribution in [2.24, 2.45) is 5.73 Å². The number of hydrogen-bond donors (Lipinski definition) is 3. The molecule has 0 aliphatic heterocycles. The van der Waals surface area contributed by atoms with Crippen molar-refractivity contribution in [3.05, 3.63) is 35.9 Å². The Morgan fingerprint density at radius 2 is 1.94 bits per heavy atom. The normalized spacial score (nSPS) is 11.0. The lowest BCUT2D eigenvalue weighted by Gasteiger charge is -2.25. The van der Waals surface area contributed by atoms with E-state index in [0.29, 0.717) is 13.1 Å². The summed E-state index contributed by atoms with van der Waals surface area (Å²) in [5, 5.41) is 5.72. The Hall–Kier alpha value is -1.55. The van der Waals surface area contributed by atoms with Crippen LogP contribution in [0.4, 0.5) is 4.79 Å². The van der Waals surface area contributed by atoms with Gasteiger partial charge in [0.1, 0.15) is 0 Å². The van der Waals surface area contributed by atoms with Crippen LogP contribution in [0, 0.1) is 0 Å². The largest absolute Gasteiger partial charge is 0.334 e. The van der Waals surface area contributed by atoms with E-state index in [1.165, 1.54) is 0 Å². The maximum Gasteiger partial charge on any atom is 0.315 e. The van der Waals surface area contributed by atoms with Gasteiger partial charge in [-0.15, -0.1) is 0 Å². The van der Waals surface area contributed by atoms with Crippen LogP contribution in [0.2, 0.25) is 0 Å². The molecule has 0 bridgehead atoms. The molecule has 0 saturated heterocycles. The van der Waals surface area contributed by atoms with Gasteiger partial charge in [-0.05, 0) is 32.4 Å². The molecule has 0 saturated carbocycles. The first-order valence-corrected chi connectivity index (χ1v) is 5.83. The number of hydrogen-bond acceptors (Lipinski definition) is 2. The summed E-state index contributed by atoms with van der Waals surface area (Å²) in [5.41, 5.74) is 6.30. The molecule has 0 atom stereocenters. The van der Waals surface area contributed by atoms with Gasteiger partial charge >= 0.3 is 6.03 Å². The molecule has 17 heavy (non-hydrogen) atoms. The van der Waals surface area contributed by atoms with Gasteiger partial charge in [0.15, 0.2) is 0 Å². The minimum atomic E-state index is -0.268. The predicted octanol–water partition coefficient (Wildman–Crippen LogP) is 1.61. The first-order chi connectivity index (χ1) is 8.03. The number of carbonyl (C=O) groups is 1. The highest BCUT2D eigenvalue weighted by atomic mass is 16.2. The van der Waals surface area contributed by atoms with Crippen LogP contribution in [0.15, 0.2) is 30.3 Å². The van der Waals surface area contributed by atoms with Crippen molar-refractivity contribution in [3.8, 4) is 0 Å². The van der Waals surface area contributed by atoms with Gasteiger partial charge in [0, 0.05) is 12.1 Å². The number of benzene rings is 1. The van der Waals surface area contributed by atoms with E-state index >= 15 is 0 Å². The topological polar surface area (TPSA) is 67.1 Å². The van der Waals surface area contributed by atoms with Crippen molar-refractivity contribution in [1.29, 1.82) is 0 Å². The highest BCUT2D eigenvalue weighted by molar-refractivity contribution is 5.74. The average Bonchev–Trinajstić information content (AvgIpc) is 2.27. The molecule has 4 N–H and O–H groups in total. The average molecular weight is 235 g/mol. The number of nitrogens with one attached hydrogen (secondary N) is 2. The van der Waals surface area contributed by atoms with E-state index in [0.717, 1.165) is 12.0 Å². The molecule has 4 nitrogen and oxygen atoms in total. The minimum Gasteiger partial charge on any atom is -0.334 e. The summed E-state index contributed by atoms with van der Waals surface area (Å²) in [6.07, 6.45) is 0.756. The van der Waals surface area contributed by atoms with Crippen molar-refractivity contribution < 1.29 is 4.79 Å². The molecule has 0 aliphatic rings. The Morgan fingerprint density at radius 1 is 1.29 bits per heavy atom. The van der Waals surface area contributed by atoms with Crippen LogP contribution >= 0.6 is 0 Å². The van der Waals surface area contributed by atoms with Crippen LogP contribution in [-0.2, 0) is 6.54 Å². The van der Waals surface area contributed by atoms with Gasteiger partial charge in [-0.2, -0.15) is 0 Å². The van der Waals surface area contributed by atoms with E-state index in [-0.39, 0.29) is 11.6 Å². The van der Waals surface area contributed by atoms with Gasteiger partial charge in [0.2, 0.25) is 0 Å². The summed E-state index contributed by atoms with van der Waals surface area (Å²) in [4.78, 5) is 11.6. The van der Waals surface area contributed by atoms with Crippen LogP contribution in [0.25, 0.3) is 0 Å². The number of rotatable bonds is 5. The van der Waals surface area contributed by atoms with Crippen LogP contribution in [0.5, 0.6) is 0 Å². The monoisotopic (exact) mass is 235 g/mol. The zero-order valence-corrected chi connectivity index (χ0v) is 10.5. The van der Waals surface area contributed by atoms with E-state index in [4.69, 9.17) is 5.73 Å². The molecule has 1 aromatic carbocycles. The lowest BCUT2D eigenvalue weighted by atomic mass is 10.0. The Kier molecular flexibility index (Phi) is 4.97. The van der Waals surface area contributed by atoms with E-state index in [2.05, 4.69) is 10.6 Å². The van der Waals surface area contributed by atoms with Gasteiger partial charge in [-0.25, -0.2) is 4.79 Å². The van der Waals surface area contributed by atoms with Crippen molar-refractivity contribution in [3.63, 3.8) is 0 Å². The molecular formula is C13H21N3O. The van der Waals surface area contributed by atoms with E-state index in [9.17, 15) is 4.79 Å². The molecule has 1 aromatic rings. The Bertz CT molecular complexity index is 349. The van der Waals surface area contributed by atoms with E-state index < -0.39 is 0 Å². The lowest BCUT2D eigenvalue weighted by Crippen LogP contribution is -2.49. The number of urea groups is 1. The maximum absolute atomic E-state index is 11.6. The second-order valence-corrected chi connectivity index (χ2v) is 4.72. The molecule has 4 heteroatoms. The van der Waals surface area contributed by atoms with E-state index in [1.54, 1.807) is 0 Å². The lowest BCUT2D eigenvalue weighted by molar-refractivity contribution is 0.228.